The van der Waals surface area contributed by atoms with Crippen molar-refractivity contribution in [3.8, 4) is 5.75 Å². The average Bonchev–Trinajstić information content (AvgIpc) is 2.54. The third kappa shape index (κ3) is 3.76. The molecule has 1 aromatic rings. The van der Waals surface area contributed by atoms with Crippen LogP contribution in [0.2, 0.25) is 0 Å². The molecule has 1 amide bonds. The molecular weight excluding hydrogens is 286 g/mol. The fraction of sp³-hybridized carbons (Fsp3) is 0.500. The van der Waals surface area contributed by atoms with Crippen LogP contribution in [0.3, 0.4) is 0 Å². The van der Waals surface area contributed by atoms with Crippen LogP contribution in [0, 0.1) is 11.8 Å². The highest BCUT2D eigenvalue weighted by molar-refractivity contribution is 5.95. The van der Waals surface area contributed by atoms with Crippen LogP contribution >= 0.6 is 0 Å². The van der Waals surface area contributed by atoms with Gasteiger partial charge in [-0.3, -0.25) is 4.79 Å². The Morgan fingerprint density at radius 2 is 2.05 bits per heavy atom. The number of amides is 1. The maximum Gasteiger partial charge on any atom is 0.339 e. The SMILES string of the molecule is COc1cc(NC(=O)C(C)C2CCOCC2)ccc1C(=O)O. The van der Waals surface area contributed by atoms with Crippen LogP contribution in [-0.2, 0) is 9.53 Å². The topological polar surface area (TPSA) is 84.9 Å². The maximum atomic E-state index is 12.3. The number of anilines is 1. The minimum Gasteiger partial charge on any atom is -0.496 e. The fourth-order valence-corrected chi connectivity index (χ4v) is 2.63. The summed E-state index contributed by atoms with van der Waals surface area (Å²) in [5, 5.41) is 11.9. The summed E-state index contributed by atoms with van der Waals surface area (Å²) in [4.78, 5) is 23.4. The molecule has 1 saturated heterocycles. The fourth-order valence-electron chi connectivity index (χ4n) is 2.63. The van der Waals surface area contributed by atoms with E-state index in [4.69, 9.17) is 14.6 Å². The van der Waals surface area contributed by atoms with Gasteiger partial charge in [-0.15, -0.1) is 0 Å². The first-order valence-corrected chi connectivity index (χ1v) is 7.33. The van der Waals surface area contributed by atoms with Crippen molar-refractivity contribution in [1.29, 1.82) is 0 Å². The highest BCUT2D eigenvalue weighted by atomic mass is 16.5. The molecule has 0 spiro atoms. The molecule has 1 heterocycles. The number of carbonyl (C=O) groups excluding carboxylic acids is 1. The molecule has 2 rings (SSSR count). The van der Waals surface area contributed by atoms with E-state index in [0.717, 1.165) is 12.8 Å². The number of aromatic carboxylic acids is 1. The zero-order valence-corrected chi connectivity index (χ0v) is 12.8. The molecule has 1 fully saturated rings. The molecule has 0 aliphatic carbocycles. The third-order valence-corrected chi connectivity index (χ3v) is 4.09. The van der Waals surface area contributed by atoms with E-state index in [9.17, 15) is 9.59 Å². The standard InChI is InChI=1S/C16H21NO5/c1-10(11-5-7-22-8-6-11)15(18)17-12-3-4-13(16(19)20)14(9-12)21-2/h3-4,9-11H,5-8H2,1-2H3,(H,17,18)(H,19,20). The number of nitrogens with one attached hydrogen (secondary N) is 1. The van der Waals surface area contributed by atoms with Gasteiger partial charge in [0.1, 0.15) is 11.3 Å². The number of rotatable bonds is 5. The molecule has 6 heteroatoms. The summed E-state index contributed by atoms with van der Waals surface area (Å²) >= 11 is 0. The molecule has 120 valence electrons. The zero-order valence-electron chi connectivity index (χ0n) is 12.8. The minimum atomic E-state index is -1.06. The first-order valence-electron chi connectivity index (χ1n) is 7.33. The molecular formula is C16H21NO5. The molecule has 1 aliphatic heterocycles. The lowest BCUT2D eigenvalue weighted by Crippen LogP contribution is -2.30. The minimum absolute atomic E-state index is 0.0676. The molecule has 1 atom stereocenters. The predicted octanol–water partition coefficient (Wildman–Crippen LogP) is 2.39. The van der Waals surface area contributed by atoms with Crippen LogP contribution in [0.25, 0.3) is 0 Å². The number of ether oxygens (including phenoxy) is 2. The van der Waals surface area contributed by atoms with Crippen LogP contribution in [0.4, 0.5) is 5.69 Å². The van der Waals surface area contributed by atoms with Crippen molar-refractivity contribution < 1.29 is 24.2 Å². The van der Waals surface area contributed by atoms with E-state index in [1.54, 1.807) is 6.07 Å². The van der Waals surface area contributed by atoms with Gasteiger partial charge in [0.05, 0.1) is 7.11 Å². The number of hydrogen-bond acceptors (Lipinski definition) is 4. The molecule has 1 aliphatic rings. The molecule has 0 radical (unpaired) electrons. The Balaban J connectivity index is 2.06. The van der Waals surface area contributed by atoms with Crippen LogP contribution in [0.15, 0.2) is 18.2 Å². The molecule has 1 unspecified atom stereocenters. The summed E-state index contributed by atoms with van der Waals surface area (Å²) in [6.07, 6.45) is 1.77. The Kier molecular flexibility index (Phi) is 5.38. The summed E-state index contributed by atoms with van der Waals surface area (Å²) in [6, 6.07) is 4.52. The van der Waals surface area contributed by atoms with Crippen molar-refractivity contribution in [1.82, 2.24) is 0 Å². The predicted molar refractivity (Wildman–Crippen MR) is 81.3 cm³/mol. The maximum absolute atomic E-state index is 12.3. The van der Waals surface area contributed by atoms with E-state index in [0.29, 0.717) is 24.8 Å². The third-order valence-electron chi connectivity index (χ3n) is 4.09. The second-order valence-corrected chi connectivity index (χ2v) is 5.45. The van der Waals surface area contributed by atoms with Gasteiger partial charge >= 0.3 is 5.97 Å². The van der Waals surface area contributed by atoms with Crippen molar-refractivity contribution in [2.45, 2.75) is 19.8 Å². The molecule has 1 aromatic carbocycles. The molecule has 6 nitrogen and oxygen atoms in total. The number of hydrogen-bond donors (Lipinski definition) is 2. The first kappa shape index (κ1) is 16.3. The highest BCUT2D eigenvalue weighted by Gasteiger charge is 2.26. The Morgan fingerprint density at radius 1 is 1.36 bits per heavy atom. The summed E-state index contributed by atoms with van der Waals surface area (Å²) in [7, 11) is 1.40. The van der Waals surface area contributed by atoms with E-state index in [1.165, 1.54) is 19.2 Å². The van der Waals surface area contributed by atoms with E-state index in [1.807, 2.05) is 6.92 Å². The van der Waals surface area contributed by atoms with Crippen LogP contribution in [-0.4, -0.2) is 37.3 Å². The van der Waals surface area contributed by atoms with Gasteiger partial charge in [-0.2, -0.15) is 0 Å². The Hall–Kier alpha value is -2.08. The van der Waals surface area contributed by atoms with Crippen molar-refractivity contribution >= 4 is 17.6 Å². The molecule has 0 saturated carbocycles. The first-order chi connectivity index (χ1) is 10.5. The number of carboxylic acid groups (broad SMARTS) is 1. The monoisotopic (exact) mass is 307 g/mol. The van der Waals surface area contributed by atoms with Gasteiger partial charge in [-0.1, -0.05) is 6.92 Å². The Labute approximate surface area is 129 Å². The molecule has 0 aromatic heterocycles. The normalized spacial score (nSPS) is 16.8. The molecule has 2 N–H and O–H groups in total. The van der Waals surface area contributed by atoms with Gasteiger partial charge in [-0.05, 0) is 30.9 Å². The average molecular weight is 307 g/mol. The summed E-state index contributed by atoms with van der Waals surface area (Å²) < 4.78 is 10.4. The highest BCUT2D eigenvalue weighted by Crippen LogP contribution is 2.27. The van der Waals surface area contributed by atoms with Gasteiger partial charge in [0.15, 0.2) is 0 Å². The van der Waals surface area contributed by atoms with Gasteiger partial charge < -0.3 is 19.9 Å². The molecule has 22 heavy (non-hydrogen) atoms. The van der Waals surface area contributed by atoms with Crippen molar-refractivity contribution in [3.05, 3.63) is 23.8 Å². The lowest BCUT2D eigenvalue weighted by atomic mass is 9.87. The second kappa shape index (κ2) is 7.26. The Morgan fingerprint density at radius 3 is 2.64 bits per heavy atom. The lowest BCUT2D eigenvalue weighted by Gasteiger charge is -2.27. The largest absolute Gasteiger partial charge is 0.496 e. The lowest BCUT2D eigenvalue weighted by molar-refractivity contribution is -0.122. The van der Waals surface area contributed by atoms with E-state index in [-0.39, 0.29) is 23.1 Å². The number of benzene rings is 1. The smallest absolute Gasteiger partial charge is 0.339 e. The summed E-state index contributed by atoms with van der Waals surface area (Å²) in [5.74, 6) is -0.714. The van der Waals surface area contributed by atoms with Crippen LogP contribution in [0.5, 0.6) is 5.75 Å². The molecule has 0 bridgehead atoms. The van der Waals surface area contributed by atoms with Crippen molar-refractivity contribution in [2.75, 3.05) is 25.6 Å². The van der Waals surface area contributed by atoms with E-state index < -0.39 is 5.97 Å². The van der Waals surface area contributed by atoms with Gasteiger partial charge in [-0.25, -0.2) is 4.79 Å². The summed E-state index contributed by atoms with van der Waals surface area (Å²) in [6.45, 7) is 3.31. The second-order valence-electron chi connectivity index (χ2n) is 5.45. The van der Waals surface area contributed by atoms with Crippen molar-refractivity contribution in [3.63, 3.8) is 0 Å². The van der Waals surface area contributed by atoms with Gasteiger partial charge in [0, 0.05) is 30.9 Å². The number of methoxy groups -OCH3 is 1. The van der Waals surface area contributed by atoms with Crippen molar-refractivity contribution in [2.24, 2.45) is 11.8 Å². The van der Waals surface area contributed by atoms with Crippen LogP contribution in [0.1, 0.15) is 30.1 Å². The van der Waals surface area contributed by atoms with E-state index in [2.05, 4.69) is 5.32 Å². The summed E-state index contributed by atoms with van der Waals surface area (Å²) in [5.41, 5.74) is 0.601. The quantitative estimate of drug-likeness (QED) is 0.872. The van der Waals surface area contributed by atoms with Gasteiger partial charge in [0.2, 0.25) is 5.91 Å². The van der Waals surface area contributed by atoms with E-state index >= 15 is 0 Å². The van der Waals surface area contributed by atoms with Crippen LogP contribution < -0.4 is 10.1 Å². The van der Waals surface area contributed by atoms with Gasteiger partial charge in [0.25, 0.3) is 0 Å². The Bertz CT molecular complexity index is 551. The number of carbonyl (C=O) groups is 2. The zero-order chi connectivity index (χ0) is 16.1. The number of carboxylic acids is 1.